The van der Waals surface area contributed by atoms with Gasteiger partial charge in [0, 0.05) is 18.3 Å². The van der Waals surface area contributed by atoms with Crippen LogP contribution in [0.5, 0.6) is 0 Å². The van der Waals surface area contributed by atoms with Crippen molar-refractivity contribution in [2.75, 3.05) is 0 Å². The lowest BCUT2D eigenvalue weighted by Crippen LogP contribution is -2.36. The number of aldehydes is 1. The Bertz CT molecular complexity index is 543. The zero-order valence-corrected chi connectivity index (χ0v) is 14.7. The van der Waals surface area contributed by atoms with Gasteiger partial charge in [-0.05, 0) is 24.3 Å². The van der Waals surface area contributed by atoms with Crippen molar-refractivity contribution in [2.45, 2.75) is 65.4 Å². The van der Waals surface area contributed by atoms with Crippen LogP contribution in [0.4, 0.5) is 0 Å². The third kappa shape index (κ3) is 3.19. The van der Waals surface area contributed by atoms with E-state index in [2.05, 4.69) is 39.8 Å². The van der Waals surface area contributed by atoms with Crippen molar-refractivity contribution in [3.8, 4) is 0 Å². The van der Waals surface area contributed by atoms with E-state index in [9.17, 15) is 9.59 Å². The van der Waals surface area contributed by atoms with E-state index in [1.54, 1.807) is 0 Å². The van der Waals surface area contributed by atoms with Gasteiger partial charge in [0.2, 0.25) is 0 Å². The molecule has 0 aromatic heterocycles. The van der Waals surface area contributed by atoms with Gasteiger partial charge in [-0.1, -0.05) is 58.0 Å². The molecule has 2 atom stereocenters. The summed E-state index contributed by atoms with van der Waals surface area (Å²) in [5.41, 5.74) is 0.486. The van der Waals surface area contributed by atoms with Gasteiger partial charge in [0.1, 0.15) is 12.4 Å². The minimum atomic E-state index is -0.357. The Balaban J connectivity index is 2.32. The zero-order valence-electron chi connectivity index (χ0n) is 14.7. The molecule has 1 aromatic rings. The molecule has 1 fully saturated rings. The van der Waals surface area contributed by atoms with Gasteiger partial charge in [0.25, 0.3) is 0 Å². The highest BCUT2D eigenvalue weighted by Gasteiger charge is 2.53. The van der Waals surface area contributed by atoms with E-state index in [4.69, 9.17) is 4.74 Å². The first-order valence-corrected chi connectivity index (χ1v) is 8.61. The van der Waals surface area contributed by atoms with Gasteiger partial charge >= 0.3 is 5.97 Å². The second-order valence-electron chi connectivity index (χ2n) is 7.27. The average Bonchev–Trinajstić information content (AvgIpc) is 2.91. The summed E-state index contributed by atoms with van der Waals surface area (Å²) in [5, 5.41) is 0. The Labute approximate surface area is 139 Å². The van der Waals surface area contributed by atoms with Crippen molar-refractivity contribution >= 4 is 12.3 Å². The first-order valence-electron chi connectivity index (χ1n) is 8.61. The minimum Gasteiger partial charge on any atom is -0.461 e. The molecule has 3 heteroatoms. The molecular weight excluding hydrogens is 288 g/mol. The third-order valence-corrected chi connectivity index (χ3v) is 5.87. The van der Waals surface area contributed by atoms with E-state index in [1.807, 2.05) is 18.2 Å². The smallest absolute Gasteiger partial charge is 0.312 e. The number of ether oxygens (including phenoxy) is 1. The highest BCUT2D eigenvalue weighted by atomic mass is 16.6. The van der Waals surface area contributed by atoms with Crippen LogP contribution >= 0.6 is 0 Å². The summed E-state index contributed by atoms with van der Waals surface area (Å²) in [5.74, 6) is -0.0259. The van der Waals surface area contributed by atoms with Crippen molar-refractivity contribution in [2.24, 2.45) is 10.8 Å². The number of carbonyl (C=O) groups excluding carboxylic acids is 2. The van der Waals surface area contributed by atoms with Crippen LogP contribution in [0.1, 0.15) is 64.9 Å². The molecule has 1 aromatic carbocycles. The fourth-order valence-electron chi connectivity index (χ4n) is 3.85. The third-order valence-electron chi connectivity index (χ3n) is 5.87. The predicted molar refractivity (Wildman–Crippen MR) is 91.2 cm³/mol. The molecule has 0 spiro atoms. The number of carbonyl (C=O) groups is 2. The molecule has 0 N–H and O–H groups in total. The first kappa shape index (κ1) is 17.7. The molecule has 0 saturated carbocycles. The molecular formula is C20H28O3. The lowest BCUT2D eigenvalue weighted by molar-refractivity contribution is -0.152. The van der Waals surface area contributed by atoms with E-state index < -0.39 is 0 Å². The van der Waals surface area contributed by atoms with Gasteiger partial charge in [0.15, 0.2) is 0 Å². The number of benzene rings is 1. The van der Waals surface area contributed by atoms with Gasteiger partial charge in [-0.2, -0.15) is 0 Å². The molecule has 0 bridgehead atoms. The largest absolute Gasteiger partial charge is 0.461 e. The van der Waals surface area contributed by atoms with Crippen molar-refractivity contribution in [1.82, 2.24) is 0 Å². The van der Waals surface area contributed by atoms with E-state index >= 15 is 0 Å². The maximum atomic E-state index is 12.4. The summed E-state index contributed by atoms with van der Waals surface area (Å²) in [7, 11) is 0. The Morgan fingerprint density at radius 1 is 1.26 bits per heavy atom. The van der Waals surface area contributed by atoms with Crippen LogP contribution in [0.2, 0.25) is 0 Å². The summed E-state index contributed by atoms with van der Waals surface area (Å²) < 4.78 is 5.82. The number of cyclic esters (lactones) is 1. The summed E-state index contributed by atoms with van der Waals surface area (Å²) in [6.45, 7) is 8.35. The van der Waals surface area contributed by atoms with Crippen molar-refractivity contribution in [1.29, 1.82) is 0 Å². The molecule has 1 aliphatic rings. The quantitative estimate of drug-likeness (QED) is 0.549. The maximum Gasteiger partial charge on any atom is 0.312 e. The highest BCUT2D eigenvalue weighted by Crippen LogP contribution is 2.51. The number of hydrogen-bond acceptors (Lipinski definition) is 3. The second-order valence-corrected chi connectivity index (χ2v) is 7.27. The van der Waals surface area contributed by atoms with Crippen LogP contribution in [-0.4, -0.2) is 18.4 Å². The van der Waals surface area contributed by atoms with Gasteiger partial charge in [-0.3, -0.25) is 4.79 Å². The van der Waals surface area contributed by atoms with Crippen LogP contribution in [0, 0.1) is 10.8 Å². The van der Waals surface area contributed by atoms with Crippen molar-refractivity contribution in [3.63, 3.8) is 0 Å². The normalized spacial score (nSPS) is 21.7. The van der Waals surface area contributed by atoms with Crippen molar-refractivity contribution < 1.29 is 14.3 Å². The number of rotatable bonds is 7. The van der Waals surface area contributed by atoms with Gasteiger partial charge < -0.3 is 9.53 Å². The lowest BCUT2D eigenvalue weighted by Gasteiger charge is -2.38. The fourth-order valence-corrected chi connectivity index (χ4v) is 3.85. The molecule has 2 rings (SSSR count). The average molecular weight is 316 g/mol. The van der Waals surface area contributed by atoms with E-state index in [-0.39, 0.29) is 28.8 Å². The molecule has 0 aliphatic carbocycles. The van der Waals surface area contributed by atoms with Crippen LogP contribution in [-0.2, 0) is 14.3 Å². The molecule has 0 radical (unpaired) electrons. The van der Waals surface area contributed by atoms with Crippen LogP contribution in [0.3, 0.4) is 0 Å². The number of esters is 1. The number of hydrogen-bond donors (Lipinski definition) is 0. The second kappa shape index (κ2) is 6.86. The first-order chi connectivity index (χ1) is 10.9. The highest BCUT2D eigenvalue weighted by molar-refractivity contribution is 5.79. The van der Waals surface area contributed by atoms with E-state index in [1.165, 1.54) is 0 Å². The molecule has 1 unspecified atom stereocenters. The maximum absolute atomic E-state index is 12.4. The van der Waals surface area contributed by atoms with Gasteiger partial charge in [-0.15, -0.1) is 0 Å². The monoisotopic (exact) mass is 316 g/mol. The Hall–Kier alpha value is -1.64. The molecule has 126 valence electrons. The van der Waals surface area contributed by atoms with E-state index in [0.29, 0.717) is 6.42 Å². The Morgan fingerprint density at radius 3 is 2.35 bits per heavy atom. The fraction of sp³-hybridized carbons (Fsp3) is 0.600. The van der Waals surface area contributed by atoms with Crippen LogP contribution in [0.15, 0.2) is 30.3 Å². The van der Waals surface area contributed by atoms with Gasteiger partial charge in [-0.25, -0.2) is 0 Å². The lowest BCUT2D eigenvalue weighted by atomic mass is 9.66. The molecule has 1 saturated heterocycles. The zero-order chi connectivity index (χ0) is 17.1. The SMILES string of the molecule is CCC1(CC)CC(C(C)(C)[C@@H](CC=O)c2ccccc2)OC1=O. The summed E-state index contributed by atoms with van der Waals surface area (Å²) in [6.07, 6.45) is 3.62. The molecule has 3 nitrogen and oxygen atoms in total. The van der Waals surface area contributed by atoms with Crippen LogP contribution < -0.4 is 0 Å². The molecule has 1 heterocycles. The topological polar surface area (TPSA) is 43.4 Å². The predicted octanol–water partition coefficient (Wildman–Crippen LogP) is 4.51. The van der Waals surface area contributed by atoms with E-state index in [0.717, 1.165) is 31.1 Å². The standard InChI is InChI=1S/C20H28O3/c1-5-20(6-2)14-17(23-18(20)22)19(3,4)16(12-13-21)15-10-8-7-9-11-15/h7-11,13,16-17H,5-6,12,14H2,1-4H3/t16-,17?/m0/s1. The summed E-state index contributed by atoms with van der Waals surface area (Å²) in [6, 6.07) is 10.1. The van der Waals surface area contributed by atoms with Crippen molar-refractivity contribution in [3.05, 3.63) is 35.9 Å². The minimum absolute atomic E-state index is 0.0449. The van der Waals surface area contributed by atoms with Gasteiger partial charge in [0.05, 0.1) is 5.41 Å². The summed E-state index contributed by atoms with van der Waals surface area (Å²) >= 11 is 0. The molecule has 0 amide bonds. The molecule has 1 aliphatic heterocycles. The molecule has 23 heavy (non-hydrogen) atoms. The Kier molecular flexibility index (Phi) is 5.28. The van der Waals surface area contributed by atoms with Crippen LogP contribution in [0.25, 0.3) is 0 Å². The Morgan fingerprint density at radius 2 is 1.87 bits per heavy atom. The summed E-state index contributed by atoms with van der Waals surface area (Å²) in [4.78, 5) is 23.7.